The van der Waals surface area contributed by atoms with Gasteiger partial charge in [0.25, 0.3) is 5.69 Å². The van der Waals surface area contributed by atoms with Gasteiger partial charge < -0.3 is 9.64 Å². The predicted octanol–water partition coefficient (Wildman–Crippen LogP) is 4.04. The van der Waals surface area contributed by atoms with Crippen LogP contribution in [0.15, 0.2) is 30.3 Å². The van der Waals surface area contributed by atoms with E-state index in [-0.39, 0.29) is 27.9 Å². The fourth-order valence-corrected chi connectivity index (χ4v) is 4.95. The summed E-state index contributed by atoms with van der Waals surface area (Å²) in [5, 5.41) is 11.8. The fourth-order valence-electron chi connectivity index (χ4n) is 4.95. The molecule has 1 aliphatic carbocycles. The van der Waals surface area contributed by atoms with Gasteiger partial charge in [-0.2, -0.15) is 0 Å². The van der Waals surface area contributed by atoms with Crippen molar-refractivity contribution >= 4 is 11.4 Å². The Morgan fingerprint density at radius 1 is 1.26 bits per heavy atom. The zero-order valence-corrected chi connectivity index (χ0v) is 15.2. The molecule has 140 valence electrons. The van der Waals surface area contributed by atoms with E-state index < -0.39 is 0 Å². The van der Waals surface area contributed by atoms with Gasteiger partial charge in [-0.3, -0.25) is 10.1 Å². The molecule has 0 unspecified atom stereocenters. The number of nitro benzene ring substituents is 1. The monoisotopic (exact) mass is 368 g/mol. The SMILES string of the molecule is Cc1cc(N2CCc3cc(F)ccc3C2)cc(C23COC(C2)C3)c1[N+](=O)[O-]. The van der Waals surface area contributed by atoms with Gasteiger partial charge in [-0.25, -0.2) is 4.39 Å². The van der Waals surface area contributed by atoms with Crippen LogP contribution in [0.25, 0.3) is 0 Å². The summed E-state index contributed by atoms with van der Waals surface area (Å²) in [6.07, 6.45) is 2.78. The summed E-state index contributed by atoms with van der Waals surface area (Å²) in [5.74, 6) is -0.199. The summed E-state index contributed by atoms with van der Waals surface area (Å²) in [6, 6.07) is 8.88. The predicted molar refractivity (Wildman–Crippen MR) is 99.6 cm³/mol. The molecule has 5 nitrogen and oxygen atoms in total. The average molecular weight is 368 g/mol. The lowest BCUT2D eigenvalue weighted by Gasteiger charge is -2.37. The summed E-state index contributed by atoms with van der Waals surface area (Å²) in [4.78, 5) is 13.7. The van der Waals surface area contributed by atoms with E-state index in [1.165, 1.54) is 6.07 Å². The molecule has 1 saturated carbocycles. The Morgan fingerprint density at radius 2 is 2.07 bits per heavy atom. The first-order valence-electron chi connectivity index (χ1n) is 9.39. The molecule has 2 aromatic rings. The Kier molecular flexibility index (Phi) is 3.56. The van der Waals surface area contributed by atoms with Crippen molar-refractivity contribution in [3.63, 3.8) is 0 Å². The number of benzene rings is 2. The van der Waals surface area contributed by atoms with Gasteiger partial charge in [0.15, 0.2) is 0 Å². The number of nitro groups is 1. The van der Waals surface area contributed by atoms with E-state index in [1.807, 2.05) is 25.1 Å². The van der Waals surface area contributed by atoms with Gasteiger partial charge in [-0.05, 0) is 61.6 Å². The van der Waals surface area contributed by atoms with E-state index in [2.05, 4.69) is 4.90 Å². The second kappa shape index (κ2) is 5.76. The maximum absolute atomic E-state index is 13.5. The van der Waals surface area contributed by atoms with Crippen LogP contribution in [-0.4, -0.2) is 24.2 Å². The quantitative estimate of drug-likeness (QED) is 0.606. The van der Waals surface area contributed by atoms with Gasteiger partial charge in [0.1, 0.15) is 5.82 Å². The van der Waals surface area contributed by atoms with Crippen LogP contribution in [0.3, 0.4) is 0 Å². The van der Waals surface area contributed by atoms with Crippen molar-refractivity contribution in [3.05, 3.63) is 68.5 Å². The Balaban J connectivity index is 1.55. The summed E-state index contributed by atoms with van der Waals surface area (Å²) in [5.41, 5.74) is 4.73. The molecule has 0 spiro atoms. The van der Waals surface area contributed by atoms with E-state index in [0.29, 0.717) is 18.7 Å². The Hall–Kier alpha value is -2.47. The van der Waals surface area contributed by atoms with Crippen LogP contribution in [0, 0.1) is 22.9 Å². The molecule has 3 fully saturated rings. The van der Waals surface area contributed by atoms with Gasteiger partial charge in [-0.15, -0.1) is 0 Å². The van der Waals surface area contributed by atoms with Crippen molar-refractivity contribution in [1.82, 2.24) is 0 Å². The molecule has 2 saturated heterocycles. The van der Waals surface area contributed by atoms with E-state index in [0.717, 1.165) is 48.2 Å². The number of nitrogens with zero attached hydrogens (tertiary/aromatic N) is 2. The second-order valence-corrected chi connectivity index (χ2v) is 8.12. The third-order valence-corrected chi connectivity index (χ3v) is 6.42. The number of hydrogen-bond acceptors (Lipinski definition) is 4. The van der Waals surface area contributed by atoms with Crippen molar-refractivity contribution in [2.75, 3.05) is 18.1 Å². The maximum Gasteiger partial charge on any atom is 0.276 e. The van der Waals surface area contributed by atoms with Gasteiger partial charge in [0.05, 0.1) is 17.6 Å². The highest BCUT2D eigenvalue weighted by Gasteiger charge is 2.55. The molecule has 3 aliphatic heterocycles. The number of aryl methyl sites for hydroxylation is 1. The van der Waals surface area contributed by atoms with Crippen LogP contribution in [0.4, 0.5) is 15.8 Å². The van der Waals surface area contributed by atoms with Crippen molar-refractivity contribution in [3.8, 4) is 0 Å². The first-order chi connectivity index (χ1) is 12.9. The van der Waals surface area contributed by atoms with E-state index in [9.17, 15) is 14.5 Å². The van der Waals surface area contributed by atoms with Crippen molar-refractivity contribution in [1.29, 1.82) is 0 Å². The van der Waals surface area contributed by atoms with Crippen molar-refractivity contribution < 1.29 is 14.1 Å². The molecule has 0 N–H and O–H groups in total. The Morgan fingerprint density at radius 3 is 2.78 bits per heavy atom. The van der Waals surface area contributed by atoms with Gasteiger partial charge in [0.2, 0.25) is 0 Å². The zero-order valence-electron chi connectivity index (χ0n) is 15.2. The molecular formula is C21H21FN2O3. The molecule has 0 atom stereocenters. The first kappa shape index (κ1) is 16.7. The van der Waals surface area contributed by atoms with Gasteiger partial charge >= 0.3 is 0 Å². The number of ether oxygens (including phenoxy) is 1. The Labute approximate surface area is 156 Å². The minimum atomic E-state index is -0.247. The number of fused-ring (bicyclic) bond motifs is 2. The van der Waals surface area contributed by atoms with Crippen LogP contribution < -0.4 is 4.90 Å². The summed E-state index contributed by atoms with van der Waals surface area (Å²) >= 11 is 0. The first-order valence-corrected chi connectivity index (χ1v) is 9.39. The van der Waals surface area contributed by atoms with Gasteiger partial charge in [-0.1, -0.05) is 6.07 Å². The minimum Gasteiger partial charge on any atom is -0.377 e. The standard InChI is InChI=1S/C21H21FN2O3/c1-13-6-17(23-5-4-14-7-16(22)3-2-15(14)11-23)8-19(20(13)24(25)26)21-9-18(10-21)27-12-21/h2-3,6-8,18H,4-5,9-12H2,1H3. The van der Waals surface area contributed by atoms with Crippen LogP contribution in [0.2, 0.25) is 0 Å². The molecular weight excluding hydrogens is 347 g/mol. The average Bonchev–Trinajstić information content (AvgIpc) is 3.22. The molecule has 6 rings (SSSR count). The third kappa shape index (κ3) is 2.54. The largest absolute Gasteiger partial charge is 0.377 e. The molecule has 0 amide bonds. The highest BCUT2D eigenvalue weighted by molar-refractivity contribution is 5.64. The van der Waals surface area contributed by atoms with E-state index in [1.54, 1.807) is 6.07 Å². The normalized spacial score (nSPS) is 25.9. The summed E-state index contributed by atoms with van der Waals surface area (Å²) in [7, 11) is 0. The smallest absolute Gasteiger partial charge is 0.276 e. The number of hydrogen-bond donors (Lipinski definition) is 0. The topological polar surface area (TPSA) is 55.6 Å². The molecule has 2 aromatic carbocycles. The molecule has 3 heterocycles. The molecule has 0 aromatic heterocycles. The summed E-state index contributed by atoms with van der Waals surface area (Å²) < 4.78 is 19.2. The minimum absolute atomic E-state index is 0.199. The molecule has 0 radical (unpaired) electrons. The lowest BCUT2D eigenvalue weighted by atomic mass is 9.65. The number of rotatable bonds is 3. The lowest BCUT2D eigenvalue weighted by Crippen LogP contribution is -2.38. The molecule has 4 aliphatic rings. The van der Waals surface area contributed by atoms with E-state index in [4.69, 9.17) is 4.74 Å². The maximum atomic E-state index is 13.5. The third-order valence-electron chi connectivity index (χ3n) is 6.42. The van der Waals surface area contributed by atoms with Gasteiger partial charge in [0, 0.05) is 35.3 Å². The van der Waals surface area contributed by atoms with Crippen LogP contribution in [0.1, 0.15) is 35.1 Å². The number of halogens is 1. The highest BCUT2D eigenvalue weighted by Crippen LogP contribution is 2.55. The molecule has 2 bridgehead atoms. The molecule has 6 heteroatoms. The fraction of sp³-hybridized carbons (Fsp3) is 0.429. The van der Waals surface area contributed by atoms with Crippen LogP contribution >= 0.6 is 0 Å². The molecule has 27 heavy (non-hydrogen) atoms. The lowest BCUT2D eigenvalue weighted by molar-refractivity contribution is -0.386. The number of anilines is 1. The van der Waals surface area contributed by atoms with Crippen molar-refractivity contribution in [2.45, 2.75) is 44.2 Å². The van der Waals surface area contributed by atoms with Crippen LogP contribution in [0.5, 0.6) is 0 Å². The Bertz CT molecular complexity index is 947. The second-order valence-electron chi connectivity index (χ2n) is 8.12. The van der Waals surface area contributed by atoms with E-state index >= 15 is 0 Å². The van der Waals surface area contributed by atoms with Crippen molar-refractivity contribution in [2.24, 2.45) is 0 Å². The zero-order chi connectivity index (χ0) is 18.8. The van der Waals surface area contributed by atoms with Crippen LogP contribution in [-0.2, 0) is 23.1 Å². The summed E-state index contributed by atoms with van der Waals surface area (Å²) in [6.45, 7) is 3.86. The highest BCUT2D eigenvalue weighted by atomic mass is 19.1.